The van der Waals surface area contributed by atoms with Crippen LogP contribution in [-0.4, -0.2) is 25.2 Å². The fourth-order valence-corrected chi connectivity index (χ4v) is 2.07. The van der Waals surface area contributed by atoms with Crippen LogP contribution in [0.2, 0.25) is 0 Å². The summed E-state index contributed by atoms with van der Waals surface area (Å²) in [7, 11) is 0. The Hall–Kier alpha value is -3.02. The minimum Gasteiger partial charge on any atom is -0.504 e. The van der Waals surface area contributed by atoms with E-state index in [9.17, 15) is 10.2 Å². The Kier molecular flexibility index (Phi) is 3.42. The van der Waals surface area contributed by atoms with Gasteiger partial charge in [0.2, 0.25) is 0 Å². The van der Waals surface area contributed by atoms with Crippen LogP contribution in [-0.2, 0) is 6.54 Å². The summed E-state index contributed by atoms with van der Waals surface area (Å²) in [5.74, 6) is -0.234. The van der Waals surface area contributed by atoms with E-state index >= 15 is 0 Å². The van der Waals surface area contributed by atoms with Gasteiger partial charge in [-0.3, -0.25) is 0 Å². The Bertz CT molecular complexity index is 741. The molecule has 0 atom stereocenters. The van der Waals surface area contributed by atoms with Gasteiger partial charge < -0.3 is 15.5 Å². The fourth-order valence-electron chi connectivity index (χ4n) is 2.07. The molecule has 0 spiro atoms. The van der Waals surface area contributed by atoms with Gasteiger partial charge in [0.1, 0.15) is 0 Å². The lowest BCUT2D eigenvalue weighted by Crippen LogP contribution is -2.05. The standard InChI is InChI=1S/C15H14N4O2/c20-14-7-3-4-11(15(14)21)10-16-12-5-1-2-6-13(12)19-9-8-17-18-19/h1-9,16,20-21H,10H2. The molecule has 0 radical (unpaired) electrons. The molecule has 2 aromatic carbocycles. The van der Waals surface area contributed by atoms with E-state index in [1.54, 1.807) is 29.2 Å². The molecule has 6 nitrogen and oxygen atoms in total. The third kappa shape index (κ3) is 2.64. The van der Waals surface area contributed by atoms with Crippen molar-refractivity contribution >= 4 is 5.69 Å². The summed E-state index contributed by atoms with van der Waals surface area (Å²) >= 11 is 0. The number of aromatic nitrogens is 3. The fraction of sp³-hybridized carbons (Fsp3) is 0.0667. The van der Waals surface area contributed by atoms with E-state index in [4.69, 9.17) is 0 Å². The average Bonchev–Trinajstić information content (AvgIpc) is 3.03. The molecular weight excluding hydrogens is 268 g/mol. The molecule has 106 valence electrons. The van der Waals surface area contributed by atoms with Crippen molar-refractivity contribution in [2.24, 2.45) is 0 Å². The second-order valence-corrected chi connectivity index (χ2v) is 4.50. The van der Waals surface area contributed by atoms with E-state index < -0.39 is 0 Å². The third-order valence-electron chi connectivity index (χ3n) is 3.14. The van der Waals surface area contributed by atoms with E-state index in [1.807, 2.05) is 24.3 Å². The van der Waals surface area contributed by atoms with Crippen molar-refractivity contribution in [2.45, 2.75) is 6.54 Å². The highest BCUT2D eigenvalue weighted by molar-refractivity contribution is 5.61. The van der Waals surface area contributed by atoms with Gasteiger partial charge in [-0.1, -0.05) is 29.5 Å². The van der Waals surface area contributed by atoms with E-state index in [0.29, 0.717) is 12.1 Å². The number of nitrogens with one attached hydrogen (secondary N) is 1. The Morgan fingerprint density at radius 2 is 1.90 bits per heavy atom. The zero-order valence-electron chi connectivity index (χ0n) is 11.1. The molecule has 3 rings (SSSR count). The van der Waals surface area contributed by atoms with Gasteiger partial charge in [0.25, 0.3) is 0 Å². The molecule has 0 unspecified atom stereocenters. The van der Waals surface area contributed by atoms with Gasteiger partial charge in [0, 0.05) is 12.1 Å². The summed E-state index contributed by atoms with van der Waals surface area (Å²) in [5, 5.41) is 30.3. The van der Waals surface area contributed by atoms with Gasteiger partial charge in [-0.25, -0.2) is 4.68 Å². The maximum Gasteiger partial charge on any atom is 0.162 e. The van der Waals surface area contributed by atoms with Gasteiger partial charge in [-0.15, -0.1) is 5.10 Å². The number of phenols is 2. The quantitative estimate of drug-likeness (QED) is 0.639. The van der Waals surface area contributed by atoms with Crippen molar-refractivity contribution in [3.8, 4) is 17.2 Å². The van der Waals surface area contributed by atoms with Crippen molar-refractivity contribution in [1.82, 2.24) is 15.0 Å². The molecule has 1 heterocycles. The first kappa shape index (κ1) is 13.0. The molecule has 0 aliphatic heterocycles. The summed E-state index contributed by atoms with van der Waals surface area (Å²) < 4.78 is 1.66. The number of aromatic hydroxyl groups is 2. The van der Waals surface area contributed by atoms with Crippen LogP contribution in [0.1, 0.15) is 5.56 Å². The van der Waals surface area contributed by atoms with Gasteiger partial charge in [0.15, 0.2) is 11.5 Å². The van der Waals surface area contributed by atoms with Crippen LogP contribution in [0.25, 0.3) is 5.69 Å². The highest BCUT2D eigenvalue weighted by atomic mass is 16.3. The summed E-state index contributed by atoms with van der Waals surface area (Å²) in [4.78, 5) is 0. The normalized spacial score (nSPS) is 10.5. The minimum atomic E-state index is -0.126. The number of benzene rings is 2. The van der Waals surface area contributed by atoms with Crippen molar-refractivity contribution < 1.29 is 10.2 Å². The van der Waals surface area contributed by atoms with E-state index in [2.05, 4.69) is 15.6 Å². The van der Waals surface area contributed by atoms with E-state index in [0.717, 1.165) is 11.4 Å². The molecule has 3 N–H and O–H groups in total. The summed E-state index contributed by atoms with van der Waals surface area (Å²) in [6.07, 6.45) is 3.37. The maximum atomic E-state index is 9.81. The first-order valence-electron chi connectivity index (χ1n) is 6.45. The van der Waals surface area contributed by atoms with Crippen LogP contribution in [0.4, 0.5) is 5.69 Å². The zero-order chi connectivity index (χ0) is 14.7. The van der Waals surface area contributed by atoms with Crippen LogP contribution in [0.5, 0.6) is 11.5 Å². The average molecular weight is 282 g/mol. The second-order valence-electron chi connectivity index (χ2n) is 4.50. The Morgan fingerprint density at radius 3 is 2.71 bits per heavy atom. The molecule has 0 saturated heterocycles. The number of rotatable bonds is 4. The number of hydrogen-bond acceptors (Lipinski definition) is 5. The number of phenolic OH excluding ortho intramolecular Hbond substituents is 2. The lowest BCUT2D eigenvalue weighted by Gasteiger charge is -2.12. The molecule has 1 aromatic heterocycles. The van der Waals surface area contributed by atoms with Crippen LogP contribution < -0.4 is 5.32 Å². The number of hydrogen-bond donors (Lipinski definition) is 3. The summed E-state index contributed by atoms with van der Waals surface area (Å²) in [5.41, 5.74) is 2.32. The second kappa shape index (κ2) is 5.54. The smallest absolute Gasteiger partial charge is 0.162 e. The molecule has 0 aliphatic rings. The number of para-hydroxylation sites is 3. The molecule has 0 saturated carbocycles. The number of anilines is 1. The highest BCUT2D eigenvalue weighted by Gasteiger charge is 2.08. The van der Waals surface area contributed by atoms with Gasteiger partial charge >= 0.3 is 0 Å². The van der Waals surface area contributed by atoms with Gasteiger partial charge in [-0.2, -0.15) is 0 Å². The zero-order valence-corrected chi connectivity index (χ0v) is 11.1. The summed E-state index contributed by atoms with van der Waals surface area (Å²) in [6, 6.07) is 12.5. The molecule has 6 heteroatoms. The molecule has 0 bridgehead atoms. The van der Waals surface area contributed by atoms with Crippen LogP contribution in [0.15, 0.2) is 54.9 Å². The molecule has 3 aromatic rings. The molecular formula is C15H14N4O2. The van der Waals surface area contributed by atoms with Crippen LogP contribution in [0.3, 0.4) is 0 Å². The van der Waals surface area contributed by atoms with E-state index in [-0.39, 0.29) is 11.5 Å². The predicted octanol–water partition coefficient (Wildman–Crippen LogP) is 2.29. The van der Waals surface area contributed by atoms with E-state index in [1.165, 1.54) is 6.07 Å². The largest absolute Gasteiger partial charge is 0.504 e. The maximum absolute atomic E-state index is 9.81. The van der Waals surface area contributed by atoms with Crippen LogP contribution >= 0.6 is 0 Å². The van der Waals surface area contributed by atoms with Crippen molar-refractivity contribution in [3.05, 3.63) is 60.4 Å². The molecule has 0 fully saturated rings. The highest BCUT2D eigenvalue weighted by Crippen LogP contribution is 2.29. The predicted molar refractivity (Wildman–Crippen MR) is 78.5 cm³/mol. The topological polar surface area (TPSA) is 83.2 Å². The lowest BCUT2D eigenvalue weighted by atomic mass is 10.1. The SMILES string of the molecule is Oc1cccc(CNc2ccccc2-n2ccnn2)c1O. The monoisotopic (exact) mass is 282 g/mol. The van der Waals surface area contributed by atoms with Gasteiger partial charge in [-0.05, 0) is 18.2 Å². The Labute approximate surface area is 121 Å². The Morgan fingerprint density at radius 1 is 1.05 bits per heavy atom. The van der Waals surface area contributed by atoms with Crippen LogP contribution in [0, 0.1) is 0 Å². The molecule has 21 heavy (non-hydrogen) atoms. The first-order chi connectivity index (χ1) is 10.3. The lowest BCUT2D eigenvalue weighted by molar-refractivity contribution is 0.400. The Balaban J connectivity index is 1.85. The van der Waals surface area contributed by atoms with Crippen molar-refractivity contribution in [1.29, 1.82) is 0 Å². The number of nitrogens with zero attached hydrogens (tertiary/aromatic N) is 3. The summed E-state index contributed by atoms with van der Waals surface area (Å²) in [6.45, 7) is 0.381. The van der Waals surface area contributed by atoms with Gasteiger partial charge in [0.05, 0.1) is 23.8 Å². The van der Waals surface area contributed by atoms with Crippen molar-refractivity contribution in [3.63, 3.8) is 0 Å². The first-order valence-corrected chi connectivity index (χ1v) is 6.45. The molecule has 0 aliphatic carbocycles. The third-order valence-corrected chi connectivity index (χ3v) is 3.14. The molecule has 0 amide bonds. The minimum absolute atomic E-state index is 0.108. The van der Waals surface area contributed by atoms with Crippen molar-refractivity contribution in [2.75, 3.05) is 5.32 Å².